The number of nitrogens with two attached hydrogens (primary N) is 1. The first-order valence-corrected chi connectivity index (χ1v) is 12.5. The van der Waals surface area contributed by atoms with Gasteiger partial charge in [0.05, 0.1) is 36.8 Å². The standard InChI is InChI=1S/C22H25N5O8S/c1-10(28)27-13-7-26-15-14(11(8-33-19(23)31)21(26,32-2)17(13)27)18(30)22(34-5-6-35-22)12(16(15)29)9-36-20-24-3-4-25-20/h3-4,11-13,17H,5-9H2,1-2H3,(H2,23,31)(H,24,25)/t11-,12?,13+,17+,21-,27?/m1/s1. The molecule has 0 aromatic carbocycles. The zero-order valence-corrected chi connectivity index (χ0v) is 20.4. The van der Waals surface area contributed by atoms with Gasteiger partial charge in [-0.3, -0.25) is 14.4 Å². The van der Waals surface area contributed by atoms with Gasteiger partial charge in [0.1, 0.15) is 12.6 Å². The maximum Gasteiger partial charge on any atom is 0.404 e. The van der Waals surface area contributed by atoms with Gasteiger partial charge >= 0.3 is 6.09 Å². The number of nitrogens with zero attached hydrogens (tertiary/aromatic N) is 3. The number of primary amides is 1. The van der Waals surface area contributed by atoms with Crippen molar-refractivity contribution < 1.29 is 38.1 Å². The Kier molecular flexibility index (Phi) is 5.23. The Balaban J connectivity index is 1.44. The van der Waals surface area contributed by atoms with Crippen molar-refractivity contribution in [2.45, 2.75) is 35.7 Å². The molecule has 1 unspecified atom stereocenters. The number of nitrogens with one attached hydrogen (secondary N) is 1. The van der Waals surface area contributed by atoms with Gasteiger partial charge < -0.3 is 39.5 Å². The predicted octanol–water partition coefficient (Wildman–Crippen LogP) is -0.750. The second-order valence-corrected chi connectivity index (χ2v) is 10.3. The molecule has 3 N–H and O–H groups in total. The van der Waals surface area contributed by atoms with E-state index < -0.39 is 41.3 Å². The van der Waals surface area contributed by atoms with Crippen molar-refractivity contribution in [2.75, 3.05) is 39.2 Å². The van der Waals surface area contributed by atoms with E-state index in [1.807, 2.05) is 0 Å². The van der Waals surface area contributed by atoms with Crippen LogP contribution in [0.5, 0.6) is 0 Å². The highest BCUT2D eigenvalue weighted by molar-refractivity contribution is 7.99. The van der Waals surface area contributed by atoms with Crippen LogP contribution in [0, 0.1) is 11.8 Å². The minimum Gasteiger partial charge on any atom is -0.449 e. The Morgan fingerprint density at radius 1 is 1.31 bits per heavy atom. The number of imidazole rings is 1. The summed E-state index contributed by atoms with van der Waals surface area (Å²) in [6.45, 7) is 1.74. The molecule has 14 heteroatoms. The number of H-pyrrole nitrogens is 1. The van der Waals surface area contributed by atoms with Crippen molar-refractivity contribution in [1.29, 1.82) is 0 Å². The molecule has 0 radical (unpaired) electrons. The van der Waals surface area contributed by atoms with E-state index in [0.717, 1.165) is 0 Å². The summed E-state index contributed by atoms with van der Waals surface area (Å²) in [4.78, 5) is 62.8. The highest BCUT2D eigenvalue weighted by Gasteiger charge is 2.79. The largest absolute Gasteiger partial charge is 0.449 e. The molecule has 1 aromatic rings. The molecule has 6 rings (SSSR count). The number of thioether (sulfide) groups is 1. The molecule has 0 saturated carbocycles. The number of aromatic nitrogens is 2. The van der Waals surface area contributed by atoms with Crippen LogP contribution >= 0.6 is 11.8 Å². The summed E-state index contributed by atoms with van der Waals surface area (Å²) in [6, 6.07) is -0.619. The minimum absolute atomic E-state index is 0.123. The molecular formula is C22H25N5O8S. The number of aromatic amines is 1. The second-order valence-electron chi connectivity index (χ2n) is 9.27. The topological polar surface area (TPSA) is 166 Å². The van der Waals surface area contributed by atoms with Crippen LogP contribution in [-0.2, 0) is 33.3 Å². The molecular weight excluding hydrogens is 494 g/mol. The molecule has 36 heavy (non-hydrogen) atoms. The van der Waals surface area contributed by atoms with E-state index in [1.165, 1.54) is 25.8 Å². The summed E-state index contributed by atoms with van der Waals surface area (Å²) in [7, 11) is 1.46. The van der Waals surface area contributed by atoms with Gasteiger partial charge in [0.2, 0.25) is 17.5 Å². The third kappa shape index (κ3) is 2.92. The number of hydrogen-bond donors (Lipinski definition) is 2. The van der Waals surface area contributed by atoms with Crippen LogP contribution in [0.3, 0.4) is 0 Å². The smallest absolute Gasteiger partial charge is 0.404 e. The number of ether oxygens (including phenoxy) is 4. The number of carbonyl (C=O) groups excluding carboxylic acids is 4. The Morgan fingerprint density at radius 2 is 2.06 bits per heavy atom. The number of Topliss-reactive ketones (excluding diaryl/α,β-unsaturated/α-hetero) is 2. The Labute approximate surface area is 209 Å². The van der Waals surface area contributed by atoms with E-state index in [2.05, 4.69) is 9.97 Å². The highest BCUT2D eigenvalue weighted by Crippen LogP contribution is 2.61. The third-order valence-electron chi connectivity index (χ3n) is 7.75. The molecule has 192 valence electrons. The molecule has 0 bridgehead atoms. The molecule has 5 aliphatic rings. The van der Waals surface area contributed by atoms with E-state index in [9.17, 15) is 19.2 Å². The lowest BCUT2D eigenvalue weighted by Crippen LogP contribution is -2.56. The van der Waals surface area contributed by atoms with Crippen LogP contribution in [0.15, 0.2) is 28.8 Å². The number of methoxy groups -OCH3 is 1. The number of fused-ring (bicyclic) bond motifs is 4. The number of amides is 2. The van der Waals surface area contributed by atoms with Crippen LogP contribution < -0.4 is 5.73 Å². The molecule has 4 aliphatic heterocycles. The van der Waals surface area contributed by atoms with Gasteiger partial charge in [-0.1, -0.05) is 11.8 Å². The van der Waals surface area contributed by atoms with Gasteiger partial charge in [0.25, 0.3) is 0 Å². The number of carbonyl (C=O) groups is 4. The van der Waals surface area contributed by atoms with Crippen LogP contribution in [0.4, 0.5) is 4.79 Å². The fraction of sp³-hybridized carbons (Fsp3) is 0.591. The lowest BCUT2D eigenvalue weighted by Gasteiger charge is -2.41. The third-order valence-corrected chi connectivity index (χ3v) is 8.75. The van der Waals surface area contributed by atoms with Crippen LogP contribution in [0.2, 0.25) is 0 Å². The first-order chi connectivity index (χ1) is 17.3. The van der Waals surface area contributed by atoms with Gasteiger partial charge in [-0.25, -0.2) is 9.78 Å². The molecule has 1 spiro atoms. The quantitative estimate of drug-likeness (QED) is 0.359. The number of rotatable bonds is 6. The summed E-state index contributed by atoms with van der Waals surface area (Å²) in [5.41, 5.74) is 4.31. The number of piperazine rings is 1. The normalized spacial score (nSPS) is 33.7. The molecule has 3 saturated heterocycles. The van der Waals surface area contributed by atoms with Crippen LogP contribution in [-0.4, -0.2) is 106 Å². The first kappa shape index (κ1) is 23.5. The SMILES string of the molecule is CO[C@@]12[C@H](COC(N)=O)C3=C(C(=O)C(CSc4ncc[nH]4)C4(OCCO4)C3=O)N1C[C@H]1[C@@H]2N1C(C)=O. The zero-order valence-electron chi connectivity index (χ0n) is 19.6. The first-order valence-electron chi connectivity index (χ1n) is 11.5. The second kappa shape index (κ2) is 8.03. The Morgan fingerprint density at radius 3 is 2.67 bits per heavy atom. The van der Waals surface area contributed by atoms with Gasteiger partial charge in [0.15, 0.2) is 16.7 Å². The van der Waals surface area contributed by atoms with E-state index in [4.69, 9.17) is 24.7 Å². The summed E-state index contributed by atoms with van der Waals surface area (Å²) < 4.78 is 23.0. The lowest BCUT2D eigenvalue weighted by atomic mass is 9.76. The predicted molar refractivity (Wildman–Crippen MR) is 120 cm³/mol. The molecule has 1 aromatic heterocycles. The number of hydrogen-bond acceptors (Lipinski definition) is 11. The van der Waals surface area contributed by atoms with Gasteiger partial charge in [0, 0.05) is 44.3 Å². The monoisotopic (exact) mass is 519 g/mol. The zero-order chi connectivity index (χ0) is 25.4. The Hall–Kier alpha value is -2.94. The fourth-order valence-electron chi connectivity index (χ4n) is 6.43. The van der Waals surface area contributed by atoms with E-state index in [-0.39, 0.29) is 54.6 Å². The maximum atomic E-state index is 14.2. The van der Waals surface area contributed by atoms with E-state index >= 15 is 0 Å². The van der Waals surface area contributed by atoms with Crippen molar-refractivity contribution in [3.63, 3.8) is 0 Å². The summed E-state index contributed by atoms with van der Waals surface area (Å²) in [5, 5.41) is 0.591. The van der Waals surface area contributed by atoms with Gasteiger partial charge in [-0.05, 0) is 0 Å². The Bertz CT molecular complexity index is 1180. The average Bonchev–Trinajstić information content (AvgIpc) is 3.32. The molecule has 1 aliphatic carbocycles. The number of ketones is 2. The van der Waals surface area contributed by atoms with Crippen molar-refractivity contribution in [1.82, 2.24) is 19.8 Å². The summed E-state index contributed by atoms with van der Waals surface area (Å²) >= 11 is 1.28. The summed E-state index contributed by atoms with van der Waals surface area (Å²) in [6.07, 6.45) is 2.24. The van der Waals surface area contributed by atoms with Crippen molar-refractivity contribution in [2.24, 2.45) is 17.6 Å². The van der Waals surface area contributed by atoms with Gasteiger partial charge in [-0.2, -0.15) is 0 Å². The molecule has 5 atom stereocenters. The van der Waals surface area contributed by atoms with Crippen molar-refractivity contribution in [3.05, 3.63) is 23.7 Å². The van der Waals surface area contributed by atoms with Crippen molar-refractivity contribution in [3.8, 4) is 0 Å². The highest BCUT2D eigenvalue weighted by atomic mass is 32.2. The molecule has 13 nitrogen and oxygen atoms in total. The van der Waals surface area contributed by atoms with Gasteiger partial charge in [-0.15, -0.1) is 0 Å². The van der Waals surface area contributed by atoms with Crippen LogP contribution in [0.1, 0.15) is 6.92 Å². The fourth-order valence-corrected chi connectivity index (χ4v) is 7.42. The molecule has 5 heterocycles. The van der Waals surface area contributed by atoms with Crippen molar-refractivity contribution >= 4 is 35.3 Å². The maximum absolute atomic E-state index is 14.2. The van der Waals surface area contributed by atoms with Crippen LogP contribution in [0.25, 0.3) is 0 Å². The average molecular weight is 520 g/mol. The van der Waals surface area contributed by atoms with E-state index in [0.29, 0.717) is 11.7 Å². The van der Waals surface area contributed by atoms with E-state index in [1.54, 1.807) is 22.2 Å². The molecule has 2 amide bonds. The number of allylic oxidation sites excluding steroid dienone is 1. The lowest BCUT2D eigenvalue weighted by molar-refractivity contribution is -0.197. The minimum atomic E-state index is -1.81. The molecule has 3 fully saturated rings. The summed E-state index contributed by atoms with van der Waals surface area (Å²) in [5.74, 6) is -4.45.